The van der Waals surface area contributed by atoms with Gasteiger partial charge in [0, 0.05) is 6.04 Å². The fourth-order valence-corrected chi connectivity index (χ4v) is 2.41. The van der Waals surface area contributed by atoms with Crippen LogP contribution < -0.4 is 5.73 Å². The minimum Gasteiger partial charge on any atom is -0.324 e. The van der Waals surface area contributed by atoms with Crippen molar-refractivity contribution >= 4 is 0 Å². The second kappa shape index (κ2) is 4.31. The normalized spacial score (nSPS) is 19.4. The molecule has 15 heavy (non-hydrogen) atoms. The zero-order valence-corrected chi connectivity index (χ0v) is 9.17. The summed E-state index contributed by atoms with van der Waals surface area (Å²) in [5, 5.41) is 0. The first-order chi connectivity index (χ1) is 7.18. The fraction of sp³-hybridized carbons (Fsp3) is 0.538. The molecule has 1 saturated carbocycles. The number of benzene rings is 1. The van der Waals surface area contributed by atoms with E-state index in [1.54, 1.807) is 13.0 Å². The van der Waals surface area contributed by atoms with E-state index in [1.165, 1.54) is 25.7 Å². The van der Waals surface area contributed by atoms with Crippen LogP contribution in [0.5, 0.6) is 0 Å². The Labute approximate surface area is 90.5 Å². The summed E-state index contributed by atoms with van der Waals surface area (Å²) in [5.41, 5.74) is 7.79. The Morgan fingerprint density at radius 3 is 2.60 bits per heavy atom. The predicted octanol–water partition coefficient (Wildman–Crippen LogP) is 3.32. The van der Waals surface area contributed by atoms with Crippen molar-refractivity contribution in [1.82, 2.24) is 0 Å². The molecule has 2 rings (SSSR count). The number of rotatable bonds is 2. The molecule has 1 nitrogen and oxygen atoms in total. The Bertz CT molecular complexity index is 342. The molecule has 1 aromatic carbocycles. The lowest BCUT2D eigenvalue weighted by atomic mass is 9.92. The first-order valence-electron chi connectivity index (χ1n) is 5.70. The van der Waals surface area contributed by atoms with Gasteiger partial charge in [-0.05, 0) is 42.9 Å². The van der Waals surface area contributed by atoms with Crippen LogP contribution in [0.1, 0.15) is 42.9 Å². The summed E-state index contributed by atoms with van der Waals surface area (Å²) in [7, 11) is 0. The summed E-state index contributed by atoms with van der Waals surface area (Å²) >= 11 is 0. The highest BCUT2D eigenvalue weighted by Crippen LogP contribution is 2.34. The molecule has 0 heterocycles. The molecule has 0 radical (unpaired) electrons. The van der Waals surface area contributed by atoms with Crippen LogP contribution in [0, 0.1) is 18.7 Å². The van der Waals surface area contributed by atoms with Gasteiger partial charge in [-0.1, -0.05) is 25.0 Å². The minimum atomic E-state index is -0.138. The van der Waals surface area contributed by atoms with Crippen molar-refractivity contribution in [2.45, 2.75) is 38.6 Å². The Kier molecular flexibility index (Phi) is 3.06. The van der Waals surface area contributed by atoms with Crippen molar-refractivity contribution in [3.63, 3.8) is 0 Å². The van der Waals surface area contributed by atoms with E-state index in [2.05, 4.69) is 0 Å². The molecule has 82 valence electrons. The first kappa shape index (κ1) is 10.6. The summed E-state index contributed by atoms with van der Waals surface area (Å²) in [6, 6.07) is 5.39. The van der Waals surface area contributed by atoms with Gasteiger partial charge in [-0.2, -0.15) is 0 Å². The molecule has 2 N–H and O–H groups in total. The lowest BCUT2D eigenvalue weighted by Gasteiger charge is -2.19. The van der Waals surface area contributed by atoms with Gasteiger partial charge in [0.2, 0.25) is 0 Å². The van der Waals surface area contributed by atoms with Crippen molar-refractivity contribution in [2.24, 2.45) is 11.7 Å². The smallest absolute Gasteiger partial charge is 0.126 e. The van der Waals surface area contributed by atoms with Crippen LogP contribution in [0.25, 0.3) is 0 Å². The van der Waals surface area contributed by atoms with E-state index in [-0.39, 0.29) is 11.9 Å². The molecule has 2 heteroatoms. The second-order valence-corrected chi connectivity index (χ2v) is 4.58. The van der Waals surface area contributed by atoms with Crippen molar-refractivity contribution in [2.75, 3.05) is 0 Å². The molecule has 0 spiro atoms. The topological polar surface area (TPSA) is 26.0 Å². The van der Waals surface area contributed by atoms with Crippen molar-refractivity contribution in [1.29, 1.82) is 0 Å². The minimum absolute atomic E-state index is 0.0163. The zero-order chi connectivity index (χ0) is 10.8. The molecule has 0 amide bonds. The number of hydrogen-bond acceptors (Lipinski definition) is 1. The Morgan fingerprint density at radius 2 is 2.00 bits per heavy atom. The van der Waals surface area contributed by atoms with Gasteiger partial charge < -0.3 is 5.73 Å². The van der Waals surface area contributed by atoms with E-state index in [0.29, 0.717) is 11.5 Å². The third kappa shape index (κ3) is 2.20. The van der Waals surface area contributed by atoms with Gasteiger partial charge in [0.15, 0.2) is 0 Å². The Morgan fingerprint density at radius 1 is 1.33 bits per heavy atom. The predicted molar refractivity (Wildman–Crippen MR) is 60.0 cm³/mol. The zero-order valence-electron chi connectivity index (χ0n) is 9.17. The lowest BCUT2D eigenvalue weighted by molar-refractivity contribution is 0.443. The molecule has 0 saturated heterocycles. The van der Waals surface area contributed by atoms with Gasteiger partial charge in [-0.15, -0.1) is 0 Å². The molecule has 0 aliphatic heterocycles. The molecule has 1 aliphatic rings. The molecule has 0 aromatic heterocycles. The van der Waals surface area contributed by atoms with Gasteiger partial charge in [0.1, 0.15) is 5.82 Å². The summed E-state index contributed by atoms with van der Waals surface area (Å²) in [4.78, 5) is 0. The van der Waals surface area contributed by atoms with E-state index >= 15 is 0 Å². The number of aryl methyl sites for hydroxylation is 1. The average Bonchev–Trinajstić information content (AvgIpc) is 2.74. The number of halogens is 1. The van der Waals surface area contributed by atoms with Crippen LogP contribution in [0.4, 0.5) is 4.39 Å². The second-order valence-electron chi connectivity index (χ2n) is 4.58. The summed E-state index contributed by atoms with van der Waals surface area (Å²) < 4.78 is 13.4. The molecule has 0 unspecified atom stereocenters. The maximum atomic E-state index is 13.4. The third-order valence-corrected chi connectivity index (χ3v) is 3.49. The SMILES string of the molecule is Cc1ccc([C@@H](N)C2CCCC2)cc1F. The summed E-state index contributed by atoms with van der Waals surface area (Å²) in [6.07, 6.45) is 4.92. The number of nitrogens with two attached hydrogens (primary N) is 1. The summed E-state index contributed by atoms with van der Waals surface area (Å²) in [5.74, 6) is 0.410. The maximum absolute atomic E-state index is 13.4. The number of hydrogen-bond donors (Lipinski definition) is 1. The maximum Gasteiger partial charge on any atom is 0.126 e. The Balaban J connectivity index is 2.17. The summed E-state index contributed by atoms with van der Waals surface area (Å²) in [6.45, 7) is 1.78. The first-order valence-corrected chi connectivity index (χ1v) is 5.70. The highest BCUT2D eigenvalue weighted by atomic mass is 19.1. The molecular formula is C13H18FN. The van der Waals surface area contributed by atoms with Crippen LogP contribution in [0.2, 0.25) is 0 Å². The van der Waals surface area contributed by atoms with Gasteiger partial charge in [0.25, 0.3) is 0 Å². The highest BCUT2D eigenvalue weighted by Gasteiger charge is 2.23. The van der Waals surface area contributed by atoms with Gasteiger partial charge in [-0.25, -0.2) is 4.39 Å². The van der Waals surface area contributed by atoms with Crippen molar-refractivity contribution in [3.05, 3.63) is 35.1 Å². The molecule has 0 bridgehead atoms. The van der Waals surface area contributed by atoms with E-state index in [0.717, 1.165) is 5.56 Å². The van der Waals surface area contributed by atoms with Crippen LogP contribution in [0.3, 0.4) is 0 Å². The van der Waals surface area contributed by atoms with Crippen LogP contribution in [-0.4, -0.2) is 0 Å². The van der Waals surface area contributed by atoms with Crippen molar-refractivity contribution < 1.29 is 4.39 Å². The third-order valence-electron chi connectivity index (χ3n) is 3.49. The van der Waals surface area contributed by atoms with Crippen LogP contribution in [-0.2, 0) is 0 Å². The van der Waals surface area contributed by atoms with Crippen LogP contribution >= 0.6 is 0 Å². The molecule has 1 aromatic rings. The molecule has 1 aliphatic carbocycles. The monoisotopic (exact) mass is 207 g/mol. The Hall–Kier alpha value is -0.890. The molecule has 1 fully saturated rings. The van der Waals surface area contributed by atoms with Gasteiger partial charge >= 0.3 is 0 Å². The van der Waals surface area contributed by atoms with Gasteiger partial charge in [-0.3, -0.25) is 0 Å². The fourth-order valence-electron chi connectivity index (χ4n) is 2.41. The van der Waals surface area contributed by atoms with E-state index < -0.39 is 0 Å². The highest BCUT2D eigenvalue weighted by molar-refractivity contribution is 5.26. The largest absolute Gasteiger partial charge is 0.324 e. The quantitative estimate of drug-likeness (QED) is 0.791. The lowest BCUT2D eigenvalue weighted by Crippen LogP contribution is -2.19. The van der Waals surface area contributed by atoms with E-state index in [4.69, 9.17) is 5.73 Å². The average molecular weight is 207 g/mol. The van der Waals surface area contributed by atoms with Crippen LogP contribution in [0.15, 0.2) is 18.2 Å². The molecule has 1 atom stereocenters. The van der Waals surface area contributed by atoms with Gasteiger partial charge in [0.05, 0.1) is 0 Å². The molecular weight excluding hydrogens is 189 g/mol. The standard InChI is InChI=1S/C13H18FN/c1-9-6-7-11(8-12(9)14)13(15)10-4-2-3-5-10/h6-8,10,13H,2-5,15H2,1H3/t13-/m0/s1. The van der Waals surface area contributed by atoms with E-state index in [9.17, 15) is 4.39 Å². The van der Waals surface area contributed by atoms with E-state index in [1.807, 2.05) is 12.1 Å². The van der Waals surface area contributed by atoms with Crippen molar-refractivity contribution in [3.8, 4) is 0 Å².